The van der Waals surface area contributed by atoms with Crippen LogP contribution in [0.2, 0.25) is 10.0 Å². The van der Waals surface area contributed by atoms with Crippen molar-refractivity contribution in [3.05, 3.63) is 98.8 Å². The molecule has 0 aliphatic rings. The maximum absolute atomic E-state index is 10.9. The fraction of sp³-hybridized carbons (Fsp3) is 0.300. The quantitative estimate of drug-likeness (QED) is 0.199. The van der Waals surface area contributed by atoms with Gasteiger partial charge in [-0.2, -0.15) is 0 Å². The molecule has 0 saturated carbocycles. The topological polar surface area (TPSA) is 86.5 Å². The molecule has 0 spiro atoms. The van der Waals surface area contributed by atoms with Crippen molar-refractivity contribution in [2.45, 2.75) is 59.2 Å². The lowest BCUT2D eigenvalue weighted by molar-refractivity contribution is -0.136. The molecule has 7 nitrogen and oxygen atoms in total. The zero-order valence-corrected chi connectivity index (χ0v) is 23.8. The molecular formula is C30H31Cl2N3O4. The van der Waals surface area contributed by atoms with E-state index in [1.807, 2.05) is 70.2 Å². The van der Waals surface area contributed by atoms with E-state index in [9.17, 15) is 4.79 Å². The van der Waals surface area contributed by atoms with E-state index in [0.717, 1.165) is 28.1 Å². The zero-order valence-electron chi connectivity index (χ0n) is 22.3. The van der Waals surface area contributed by atoms with E-state index in [2.05, 4.69) is 10.3 Å². The third kappa shape index (κ3) is 6.91. The molecule has 1 unspecified atom stereocenters. The molecule has 1 atom stereocenters. The van der Waals surface area contributed by atoms with Crippen molar-refractivity contribution in [1.82, 2.24) is 15.0 Å². The highest BCUT2D eigenvalue weighted by Crippen LogP contribution is 2.32. The molecule has 1 N–H and O–H groups in total. The van der Waals surface area contributed by atoms with Gasteiger partial charge in [0.1, 0.15) is 35.6 Å². The average Bonchev–Trinajstić information content (AvgIpc) is 3.30. The van der Waals surface area contributed by atoms with E-state index in [-0.39, 0.29) is 25.0 Å². The Morgan fingerprint density at radius 3 is 2.38 bits per heavy atom. The fourth-order valence-electron chi connectivity index (χ4n) is 4.41. The monoisotopic (exact) mass is 567 g/mol. The molecule has 204 valence electrons. The van der Waals surface area contributed by atoms with Crippen LogP contribution in [-0.2, 0) is 17.8 Å². The highest BCUT2D eigenvalue weighted by molar-refractivity contribution is 6.37. The number of carboxylic acids is 1. The number of aromatic nitrogens is 3. The van der Waals surface area contributed by atoms with Crippen LogP contribution >= 0.6 is 23.2 Å². The van der Waals surface area contributed by atoms with Crippen molar-refractivity contribution >= 4 is 29.2 Å². The van der Waals surface area contributed by atoms with Gasteiger partial charge in [0.05, 0.1) is 15.7 Å². The van der Waals surface area contributed by atoms with Crippen LogP contribution in [0, 0.1) is 6.92 Å². The van der Waals surface area contributed by atoms with E-state index in [1.165, 1.54) is 0 Å². The summed E-state index contributed by atoms with van der Waals surface area (Å²) in [6.07, 6.45) is 0.330. The van der Waals surface area contributed by atoms with Crippen LogP contribution in [-0.4, -0.2) is 26.1 Å². The van der Waals surface area contributed by atoms with Gasteiger partial charge in [0.2, 0.25) is 0 Å². The Morgan fingerprint density at radius 2 is 1.72 bits per heavy atom. The first kappa shape index (κ1) is 28.5. The lowest BCUT2D eigenvalue weighted by atomic mass is 10.0. The smallest absolute Gasteiger partial charge is 0.303 e. The minimum absolute atomic E-state index is 0.0838. The number of halogens is 2. The summed E-state index contributed by atoms with van der Waals surface area (Å²) in [6, 6.07) is 18.8. The van der Waals surface area contributed by atoms with Gasteiger partial charge in [-0.15, -0.1) is 5.10 Å². The number of aryl methyl sites for hydroxylation is 2. The summed E-state index contributed by atoms with van der Waals surface area (Å²) in [6.45, 7) is 8.33. The summed E-state index contributed by atoms with van der Waals surface area (Å²) < 4.78 is 14.0. The second-order valence-corrected chi connectivity index (χ2v) is 10.5. The van der Waals surface area contributed by atoms with E-state index in [1.54, 1.807) is 22.9 Å². The summed E-state index contributed by atoms with van der Waals surface area (Å²) in [4.78, 5) is 10.9. The normalized spacial score (nSPS) is 12.0. The Balaban J connectivity index is 1.49. The van der Waals surface area contributed by atoms with Crippen molar-refractivity contribution in [3.8, 4) is 17.2 Å². The largest absolute Gasteiger partial charge is 0.487 e. The lowest BCUT2D eigenvalue weighted by Gasteiger charge is -2.19. The van der Waals surface area contributed by atoms with Gasteiger partial charge < -0.3 is 14.6 Å². The molecule has 0 aliphatic carbocycles. The van der Waals surface area contributed by atoms with E-state index < -0.39 is 5.97 Å². The number of benzene rings is 3. The first-order valence-corrected chi connectivity index (χ1v) is 13.5. The van der Waals surface area contributed by atoms with Crippen LogP contribution in [0.3, 0.4) is 0 Å². The molecule has 4 rings (SSSR count). The number of rotatable bonds is 11. The zero-order chi connectivity index (χ0) is 28.1. The fourth-order valence-corrected chi connectivity index (χ4v) is 4.96. The molecule has 0 radical (unpaired) electrons. The second-order valence-electron chi connectivity index (χ2n) is 9.67. The highest BCUT2D eigenvalue weighted by atomic mass is 35.5. The summed E-state index contributed by atoms with van der Waals surface area (Å²) in [5.74, 6) is 0.710. The van der Waals surface area contributed by atoms with Crippen LogP contribution < -0.4 is 9.47 Å². The Kier molecular flexibility index (Phi) is 9.15. The van der Waals surface area contributed by atoms with E-state index >= 15 is 0 Å². The first-order chi connectivity index (χ1) is 18.6. The molecular weight excluding hydrogens is 537 g/mol. The number of hydrogen-bond acceptors (Lipinski definition) is 5. The Hall–Kier alpha value is -3.55. The van der Waals surface area contributed by atoms with Crippen molar-refractivity contribution in [2.24, 2.45) is 0 Å². The van der Waals surface area contributed by atoms with Gasteiger partial charge in [-0.3, -0.25) is 4.79 Å². The summed E-state index contributed by atoms with van der Waals surface area (Å²) in [7, 11) is 0. The number of carboxylic acid groups (broad SMARTS) is 1. The Labute approximate surface area is 238 Å². The van der Waals surface area contributed by atoms with Gasteiger partial charge in [0.25, 0.3) is 0 Å². The molecule has 0 bridgehead atoms. The van der Waals surface area contributed by atoms with Crippen LogP contribution in [0.1, 0.15) is 67.3 Å². The number of hydrogen-bond donors (Lipinski definition) is 1. The number of ether oxygens (including phenoxy) is 2. The van der Waals surface area contributed by atoms with Crippen LogP contribution in [0.15, 0.2) is 60.7 Å². The third-order valence-corrected chi connectivity index (χ3v) is 6.99. The predicted octanol–water partition coefficient (Wildman–Crippen LogP) is 7.74. The standard InChI is InChI=1S/C30H31Cl2N3O4/c1-18(2)29-27(35(34-33-29)30-25(31)9-6-10-26(30)32)17-38-22-12-13-24(19(3)15-22)20(4)39-23-8-5-7-21(16-23)11-14-28(36)37/h5-10,12-13,15-16,18,20H,11,14,17H2,1-4H3,(H,36,37). The number of para-hydroxylation sites is 1. The molecule has 9 heteroatoms. The molecule has 4 aromatic rings. The van der Waals surface area contributed by atoms with Gasteiger partial charge in [0.15, 0.2) is 0 Å². The summed E-state index contributed by atoms with van der Waals surface area (Å²) in [5.41, 5.74) is 5.13. The summed E-state index contributed by atoms with van der Waals surface area (Å²) >= 11 is 12.9. The Morgan fingerprint density at radius 1 is 1.00 bits per heavy atom. The van der Waals surface area contributed by atoms with Crippen LogP contribution in [0.5, 0.6) is 11.5 Å². The van der Waals surface area contributed by atoms with Crippen molar-refractivity contribution < 1.29 is 19.4 Å². The first-order valence-electron chi connectivity index (χ1n) is 12.7. The molecule has 0 saturated heterocycles. The average molecular weight is 569 g/mol. The number of nitrogens with zero attached hydrogens (tertiary/aromatic N) is 3. The van der Waals surface area contributed by atoms with Crippen molar-refractivity contribution in [1.29, 1.82) is 0 Å². The Bertz CT molecular complexity index is 1450. The minimum Gasteiger partial charge on any atom is -0.487 e. The molecule has 0 fully saturated rings. The minimum atomic E-state index is -0.818. The molecule has 0 amide bonds. The van der Waals surface area contributed by atoms with E-state index in [4.69, 9.17) is 37.8 Å². The predicted molar refractivity (Wildman–Crippen MR) is 152 cm³/mol. The number of aliphatic carboxylic acids is 1. The van der Waals surface area contributed by atoms with Gasteiger partial charge in [-0.25, -0.2) is 4.68 Å². The van der Waals surface area contributed by atoms with Crippen LogP contribution in [0.4, 0.5) is 0 Å². The second kappa shape index (κ2) is 12.5. The van der Waals surface area contributed by atoms with E-state index in [0.29, 0.717) is 33.7 Å². The molecule has 1 aromatic heterocycles. The number of carbonyl (C=O) groups is 1. The van der Waals surface area contributed by atoms with Gasteiger partial charge in [-0.1, -0.05) is 66.5 Å². The van der Waals surface area contributed by atoms with Gasteiger partial charge in [0, 0.05) is 6.42 Å². The molecule has 3 aromatic carbocycles. The van der Waals surface area contributed by atoms with Gasteiger partial charge in [-0.05, 0) is 79.3 Å². The molecule has 39 heavy (non-hydrogen) atoms. The highest BCUT2D eigenvalue weighted by Gasteiger charge is 2.21. The van der Waals surface area contributed by atoms with Crippen LogP contribution in [0.25, 0.3) is 5.69 Å². The van der Waals surface area contributed by atoms with Crippen molar-refractivity contribution in [2.75, 3.05) is 0 Å². The molecule has 0 aliphatic heterocycles. The maximum Gasteiger partial charge on any atom is 0.303 e. The summed E-state index contributed by atoms with van der Waals surface area (Å²) in [5, 5.41) is 18.6. The van der Waals surface area contributed by atoms with Gasteiger partial charge >= 0.3 is 5.97 Å². The molecule has 1 heterocycles. The lowest BCUT2D eigenvalue weighted by Crippen LogP contribution is -2.10. The third-order valence-electron chi connectivity index (χ3n) is 6.38. The van der Waals surface area contributed by atoms with Crippen molar-refractivity contribution in [3.63, 3.8) is 0 Å². The maximum atomic E-state index is 10.9. The SMILES string of the molecule is Cc1cc(OCc2c(C(C)C)nnn2-c2c(Cl)cccc2Cl)ccc1C(C)Oc1cccc(CCC(=O)O)c1.